The minimum Gasteiger partial charge on any atom is -0.478 e. The van der Waals surface area contributed by atoms with Gasteiger partial charge in [0.25, 0.3) is 0 Å². The Bertz CT molecular complexity index is 361. The summed E-state index contributed by atoms with van der Waals surface area (Å²) in [6.07, 6.45) is 5.15. The van der Waals surface area contributed by atoms with Crippen LogP contribution in [0.4, 0.5) is 0 Å². The molecule has 1 aliphatic rings. The van der Waals surface area contributed by atoms with Gasteiger partial charge in [0.1, 0.15) is 0 Å². The number of hydrogen-bond donors (Lipinski definition) is 2. The Hall–Kier alpha value is -1.42. The monoisotopic (exact) mass is 192 g/mol. The van der Waals surface area contributed by atoms with E-state index in [0.717, 1.165) is 12.8 Å². The molecule has 1 unspecified atom stereocenters. The second-order valence-corrected chi connectivity index (χ2v) is 3.63. The second kappa shape index (κ2) is 3.38. The molecule has 1 heterocycles. The number of hydrogen-bond acceptors (Lipinski definition) is 3. The lowest BCUT2D eigenvalue weighted by Crippen LogP contribution is -2.16. The van der Waals surface area contributed by atoms with E-state index >= 15 is 0 Å². The van der Waals surface area contributed by atoms with E-state index < -0.39 is 5.97 Å². The van der Waals surface area contributed by atoms with E-state index in [2.05, 4.69) is 4.98 Å². The molecule has 4 nitrogen and oxygen atoms in total. The van der Waals surface area contributed by atoms with Gasteiger partial charge in [-0.3, -0.25) is 4.98 Å². The lowest BCUT2D eigenvalue weighted by atomic mass is 10.00. The molecule has 0 aliphatic heterocycles. The number of pyridine rings is 1. The summed E-state index contributed by atoms with van der Waals surface area (Å²) in [7, 11) is 0. The molecule has 0 aromatic carbocycles. The number of aromatic nitrogens is 1. The number of nitrogens with two attached hydrogens (primary N) is 1. The Labute approximate surface area is 81.8 Å². The van der Waals surface area contributed by atoms with Crippen molar-refractivity contribution in [2.24, 2.45) is 11.7 Å². The summed E-state index contributed by atoms with van der Waals surface area (Å²) in [4.78, 5) is 14.7. The second-order valence-electron chi connectivity index (χ2n) is 3.63. The molecule has 1 fully saturated rings. The van der Waals surface area contributed by atoms with E-state index in [1.54, 1.807) is 12.3 Å². The molecule has 0 saturated heterocycles. The average molecular weight is 192 g/mol. The fraction of sp³-hybridized carbons (Fsp3) is 0.400. The zero-order chi connectivity index (χ0) is 10.1. The van der Waals surface area contributed by atoms with Crippen molar-refractivity contribution in [1.82, 2.24) is 4.98 Å². The van der Waals surface area contributed by atoms with Crippen LogP contribution in [0.2, 0.25) is 0 Å². The lowest BCUT2D eigenvalue weighted by molar-refractivity contribution is 0.0694. The Morgan fingerprint density at radius 2 is 2.36 bits per heavy atom. The third kappa shape index (κ3) is 1.61. The van der Waals surface area contributed by atoms with Crippen LogP contribution in [0.1, 0.15) is 34.8 Å². The van der Waals surface area contributed by atoms with Crippen LogP contribution in [0.5, 0.6) is 0 Å². The number of aromatic carboxylic acids is 1. The van der Waals surface area contributed by atoms with Crippen molar-refractivity contribution in [3.05, 3.63) is 29.6 Å². The molecule has 1 aliphatic carbocycles. The van der Waals surface area contributed by atoms with Crippen molar-refractivity contribution in [3.63, 3.8) is 0 Å². The number of carboxylic acids is 1. The van der Waals surface area contributed by atoms with Gasteiger partial charge in [-0.05, 0) is 30.4 Å². The van der Waals surface area contributed by atoms with Gasteiger partial charge >= 0.3 is 5.97 Å². The summed E-state index contributed by atoms with van der Waals surface area (Å²) < 4.78 is 0. The van der Waals surface area contributed by atoms with E-state index in [9.17, 15) is 4.79 Å². The summed E-state index contributed by atoms with van der Waals surface area (Å²) in [5.74, 6) is -0.500. The van der Waals surface area contributed by atoms with E-state index in [0.29, 0.717) is 11.5 Å². The zero-order valence-corrected chi connectivity index (χ0v) is 7.68. The molecule has 0 bridgehead atoms. The maximum Gasteiger partial charge on any atom is 0.337 e. The van der Waals surface area contributed by atoms with Crippen molar-refractivity contribution < 1.29 is 9.90 Å². The van der Waals surface area contributed by atoms with Gasteiger partial charge in [0.05, 0.1) is 5.56 Å². The molecule has 1 aromatic rings. The highest BCUT2D eigenvalue weighted by Crippen LogP contribution is 2.40. The summed E-state index contributed by atoms with van der Waals surface area (Å²) in [5, 5.41) is 8.92. The quantitative estimate of drug-likeness (QED) is 0.754. The van der Waals surface area contributed by atoms with Crippen LogP contribution in [0.15, 0.2) is 18.5 Å². The largest absolute Gasteiger partial charge is 0.478 e. The summed E-state index contributed by atoms with van der Waals surface area (Å²) in [6, 6.07) is 1.55. The van der Waals surface area contributed by atoms with E-state index in [1.807, 2.05) is 0 Å². The molecule has 4 heteroatoms. The molecule has 1 aromatic heterocycles. The van der Waals surface area contributed by atoms with Gasteiger partial charge in [0, 0.05) is 18.4 Å². The first kappa shape index (κ1) is 9.15. The number of carbonyl (C=O) groups is 1. The van der Waals surface area contributed by atoms with Gasteiger partial charge in [0.15, 0.2) is 0 Å². The van der Waals surface area contributed by atoms with Crippen molar-refractivity contribution in [2.45, 2.75) is 18.9 Å². The Balaban J connectivity index is 2.34. The number of nitrogens with zero attached hydrogens (tertiary/aromatic N) is 1. The summed E-state index contributed by atoms with van der Waals surface area (Å²) in [6.45, 7) is 0. The smallest absolute Gasteiger partial charge is 0.337 e. The van der Waals surface area contributed by atoms with Crippen LogP contribution in [0, 0.1) is 5.92 Å². The van der Waals surface area contributed by atoms with Crippen molar-refractivity contribution in [3.8, 4) is 0 Å². The fourth-order valence-electron chi connectivity index (χ4n) is 1.58. The van der Waals surface area contributed by atoms with Crippen LogP contribution in [-0.2, 0) is 0 Å². The lowest BCUT2D eigenvalue weighted by Gasteiger charge is -2.12. The van der Waals surface area contributed by atoms with Gasteiger partial charge in [-0.15, -0.1) is 0 Å². The van der Waals surface area contributed by atoms with Crippen LogP contribution in [-0.4, -0.2) is 16.1 Å². The number of rotatable bonds is 3. The molecule has 0 radical (unpaired) electrons. The van der Waals surface area contributed by atoms with Crippen LogP contribution < -0.4 is 5.73 Å². The topological polar surface area (TPSA) is 76.2 Å². The SMILES string of the molecule is NC(c1ccncc1C(=O)O)C1CC1. The van der Waals surface area contributed by atoms with Gasteiger partial charge in [-0.1, -0.05) is 0 Å². The fourth-order valence-corrected chi connectivity index (χ4v) is 1.58. The minimum absolute atomic E-state index is 0.149. The average Bonchev–Trinajstić information content (AvgIpc) is 3.00. The van der Waals surface area contributed by atoms with E-state index in [-0.39, 0.29) is 11.6 Å². The Morgan fingerprint density at radius 3 is 2.93 bits per heavy atom. The zero-order valence-electron chi connectivity index (χ0n) is 7.68. The van der Waals surface area contributed by atoms with Gasteiger partial charge in [-0.2, -0.15) is 0 Å². The van der Waals surface area contributed by atoms with Crippen LogP contribution in [0.3, 0.4) is 0 Å². The van der Waals surface area contributed by atoms with Crippen molar-refractivity contribution in [1.29, 1.82) is 0 Å². The first-order valence-corrected chi connectivity index (χ1v) is 4.63. The first-order valence-electron chi connectivity index (χ1n) is 4.63. The first-order chi connectivity index (χ1) is 6.70. The van der Waals surface area contributed by atoms with Crippen LogP contribution in [0.25, 0.3) is 0 Å². The molecule has 3 N–H and O–H groups in total. The van der Waals surface area contributed by atoms with Gasteiger partial charge in [0.2, 0.25) is 0 Å². The Morgan fingerprint density at radius 1 is 1.64 bits per heavy atom. The predicted octanol–water partition coefficient (Wildman–Crippen LogP) is 1.19. The molecule has 74 valence electrons. The van der Waals surface area contributed by atoms with Gasteiger partial charge in [-0.25, -0.2) is 4.79 Å². The molecule has 1 atom stereocenters. The van der Waals surface area contributed by atoms with Crippen LogP contribution >= 0.6 is 0 Å². The minimum atomic E-state index is -0.954. The Kier molecular flexibility index (Phi) is 2.21. The van der Waals surface area contributed by atoms with Crippen molar-refractivity contribution in [2.75, 3.05) is 0 Å². The standard InChI is InChI=1S/C10H12N2O2/c11-9(6-1-2-6)7-3-4-12-5-8(7)10(13)14/h3-6,9H,1-2,11H2,(H,13,14). The molecule has 14 heavy (non-hydrogen) atoms. The third-order valence-corrected chi connectivity index (χ3v) is 2.57. The molecule has 2 rings (SSSR count). The number of carboxylic acid groups (broad SMARTS) is 1. The summed E-state index contributed by atoms with van der Waals surface area (Å²) in [5.41, 5.74) is 6.88. The highest BCUT2D eigenvalue weighted by atomic mass is 16.4. The maximum atomic E-state index is 10.9. The van der Waals surface area contributed by atoms with E-state index in [4.69, 9.17) is 10.8 Å². The molecular formula is C10H12N2O2. The summed E-state index contributed by atoms with van der Waals surface area (Å²) >= 11 is 0. The molecular weight excluding hydrogens is 180 g/mol. The molecule has 0 spiro atoms. The van der Waals surface area contributed by atoms with E-state index in [1.165, 1.54) is 6.20 Å². The maximum absolute atomic E-state index is 10.9. The predicted molar refractivity (Wildman–Crippen MR) is 50.8 cm³/mol. The van der Waals surface area contributed by atoms with Gasteiger partial charge < -0.3 is 10.8 Å². The molecule has 0 amide bonds. The van der Waals surface area contributed by atoms with Crippen molar-refractivity contribution >= 4 is 5.97 Å². The highest BCUT2D eigenvalue weighted by molar-refractivity contribution is 5.89. The molecule has 1 saturated carbocycles. The normalized spacial score (nSPS) is 17.8. The highest BCUT2D eigenvalue weighted by Gasteiger charge is 2.31. The third-order valence-electron chi connectivity index (χ3n) is 2.57.